The lowest BCUT2D eigenvalue weighted by atomic mass is 10.3. The molecule has 11 heavy (non-hydrogen) atoms. The second-order valence-corrected chi connectivity index (χ2v) is 2.24. The number of pyridine rings is 1. The summed E-state index contributed by atoms with van der Waals surface area (Å²) in [6.07, 6.45) is 3.59. The molecule has 1 rings (SSSR count). The van der Waals surface area contributed by atoms with Crippen molar-refractivity contribution in [3.05, 3.63) is 30.1 Å². The van der Waals surface area contributed by atoms with Gasteiger partial charge in [0.1, 0.15) is 0 Å². The molecule has 0 spiro atoms. The highest BCUT2D eigenvalue weighted by Gasteiger charge is 1.87. The summed E-state index contributed by atoms with van der Waals surface area (Å²) in [7, 11) is 0. The number of hydrogen-bond donors (Lipinski definition) is 2. The van der Waals surface area contributed by atoms with E-state index in [1.54, 1.807) is 12.4 Å². The molecule has 0 radical (unpaired) electrons. The normalized spacial score (nSPS) is 9.91. The smallest absolute Gasteiger partial charge is 0.0352 e. The van der Waals surface area contributed by atoms with Crippen molar-refractivity contribution in [1.29, 1.82) is 0 Å². The van der Waals surface area contributed by atoms with Crippen molar-refractivity contribution in [2.45, 2.75) is 13.5 Å². The average molecular weight is 151 g/mol. The Morgan fingerprint density at radius 3 is 2.64 bits per heavy atom. The Bertz CT molecular complexity index is 186. The van der Waals surface area contributed by atoms with Crippen molar-refractivity contribution in [3.63, 3.8) is 0 Å². The number of nitrogens with zero attached hydrogens (tertiary/aromatic N) is 1. The summed E-state index contributed by atoms with van der Waals surface area (Å²) in [6.45, 7) is 3.83. The lowest BCUT2D eigenvalue weighted by Crippen LogP contribution is -2.30. The molecule has 0 aliphatic carbocycles. The molecule has 1 heterocycles. The molecular weight excluding hydrogens is 138 g/mol. The van der Waals surface area contributed by atoms with E-state index in [0.29, 0.717) is 0 Å². The first-order valence-corrected chi connectivity index (χ1v) is 3.78. The summed E-state index contributed by atoms with van der Waals surface area (Å²) in [6, 6.07) is 3.98. The van der Waals surface area contributed by atoms with E-state index in [2.05, 4.69) is 22.8 Å². The highest BCUT2D eigenvalue weighted by molar-refractivity contribution is 5.08. The molecule has 0 aromatic carbocycles. The van der Waals surface area contributed by atoms with Crippen LogP contribution in [-0.4, -0.2) is 11.5 Å². The van der Waals surface area contributed by atoms with Gasteiger partial charge in [-0.1, -0.05) is 6.92 Å². The van der Waals surface area contributed by atoms with Crippen LogP contribution in [0.4, 0.5) is 0 Å². The Hall–Kier alpha value is -0.930. The molecule has 0 amide bonds. The quantitative estimate of drug-likeness (QED) is 0.491. The summed E-state index contributed by atoms with van der Waals surface area (Å²) >= 11 is 0. The summed E-state index contributed by atoms with van der Waals surface area (Å²) in [5.41, 5.74) is 7.34. The van der Waals surface area contributed by atoms with Crippen molar-refractivity contribution in [3.8, 4) is 0 Å². The minimum Gasteiger partial charge on any atom is -0.265 e. The number of hydrogen-bond acceptors (Lipinski definition) is 3. The summed E-state index contributed by atoms with van der Waals surface area (Å²) in [5.74, 6) is 0. The van der Waals surface area contributed by atoms with Gasteiger partial charge in [-0.05, 0) is 17.7 Å². The van der Waals surface area contributed by atoms with Crippen LogP contribution in [0.5, 0.6) is 0 Å². The molecule has 0 aliphatic rings. The average Bonchev–Trinajstić information content (AvgIpc) is 2.07. The van der Waals surface area contributed by atoms with Gasteiger partial charge in [-0.25, -0.2) is 0 Å². The monoisotopic (exact) mass is 151 g/mol. The molecule has 0 unspecified atom stereocenters. The number of nitrogens with one attached hydrogen (secondary N) is 2. The zero-order valence-corrected chi connectivity index (χ0v) is 6.67. The van der Waals surface area contributed by atoms with Crippen LogP contribution in [0, 0.1) is 0 Å². The molecule has 2 N–H and O–H groups in total. The fourth-order valence-corrected chi connectivity index (χ4v) is 0.790. The van der Waals surface area contributed by atoms with Crippen LogP contribution in [0.15, 0.2) is 24.5 Å². The first-order chi connectivity index (χ1) is 5.43. The molecule has 0 aliphatic heterocycles. The summed E-state index contributed by atoms with van der Waals surface area (Å²) in [4.78, 5) is 3.93. The fraction of sp³-hybridized carbons (Fsp3) is 0.375. The molecule has 0 bridgehead atoms. The third kappa shape index (κ3) is 3.11. The standard InChI is InChI=1S/C8H13N3/c1-2-10-11-7-8-3-5-9-6-4-8/h3-6,10-11H,2,7H2,1H3. The first kappa shape index (κ1) is 8.17. The maximum atomic E-state index is 3.93. The zero-order valence-electron chi connectivity index (χ0n) is 6.67. The Morgan fingerprint density at radius 1 is 1.27 bits per heavy atom. The minimum absolute atomic E-state index is 0.844. The van der Waals surface area contributed by atoms with Gasteiger partial charge >= 0.3 is 0 Å². The minimum atomic E-state index is 0.844. The molecule has 0 saturated carbocycles. The number of rotatable bonds is 4. The third-order valence-corrected chi connectivity index (χ3v) is 1.34. The highest BCUT2D eigenvalue weighted by Crippen LogP contribution is 1.93. The Labute approximate surface area is 66.8 Å². The zero-order chi connectivity index (χ0) is 7.94. The summed E-state index contributed by atoms with van der Waals surface area (Å²) < 4.78 is 0. The highest BCUT2D eigenvalue weighted by atomic mass is 15.3. The largest absolute Gasteiger partial charge is 0.265 e. The molecule has 1 aromatic heterocycles. The first-order valence-electron chi connectivity index (χ1n) is 3.78. The van der Waals surface area contributed by atoms with Gasteiger partial charge in [0.2, 0.25) is 0 Å². The Balaban J connectivity index is 2.28. The van der Waals surface area contributed by atoms with Crippen LogP contribution in [0.3, 0.4) is 0 Å². The van der Waals surface area contributed by atoms with Gasteiger partial charge in [0.15, 0.2) is 0 Å². The molecule has 1 aromatic rings. The molecule has 0 atom stereocenters. The van der Waals surface area contributed by atoms with Gasteiger partial charge < -0.3 is 0 Å². The van der Waals surface area contributed by atoms with E-state index >= 15 is 0 Å². The topological polar surface area (TPSA) is 37.0 Å². The second-order valence-electron chi connectivity index (χ2n) is 2.24. The van der Waals surface area contributed by atoms with Crippen LogP contribution >= 0.6 is 0 Å². The number of aromatic nitrogens is 1. The van der Waals surface area contributed by atoms with E-state index in [1.165, 1.54) is 5.56 Å². The molecule has 0 fully saturated rings. The molecule has 3 nitrogen and oxygen atoms in total. The molecule has 0 saturated heterocycles. The lowest BCUT2D eigenvalue weighted by molar-refractivity contribution is 0.550. The van der Waals surface area contributed by atoms with Gasteiger partial charge in [0.05, 0.1) is 0 Å². The molecule has 60 valence electrons. The van der Waals surface area contributed by atoms with Crippen molar-refractivity contribution in [2.24, 2.45) is 0 Å². The van der Waals surface area contributed by atoms with Crippen molar-refractivity contribution >= 4 is 0 Å². The van der Waals surface area contributed by atoms with E-state index in [1.807, 2.05) is 12.1 Å². The predicted octanol–water partition coefficient (Wildman–Crippen LogP) is 0.696. The van der Waals surface area contributed by atoms with E-state index in [0.717, 1.165) is 13.1 Å². The van der Waals surface area contributed by atoms with Gasteiger partial charge in [0.25, 0.3) is 0 Å². The lowest BCUT2D eigenvalue weighted by Gasteiger charge is -2.02. The van der Waals surface area contributed by atoms with Crippen molar-refractivity contribution in [2.75, 3.05) is 6.54 Å². The van der Waals surface area contributed by atoms with Gasteiger partial charge in [0, 0.05) is 25.5 Å². The van der Waals surface area contributed by atoms with E-state index in [9.17, 15) is 0 Å². The SMILES string of the molecule is CCNNCc1ccncc1. The fourth-order valence-electron chi connectivity index (χ4n) is 0.790. The van der Waals surface area contributed by atoms with Crippen LogP contribution in [0.1, 0.15) is 12.5 Å². The molecular formula is C8H13N3. The maximum Gasteiger partial charge on any atom is 0.0352 e. The second kappa shape index (κ2) is 4.82. The van der Waals surface area contributed by atoms with Crippen LogP contribution in [-0.2, 0) is 6.54 Å². The third-order valence-electron chi connectivity index (χ3n) is 1.34. The van der Waals surface area contributed by atoms with Crippen molar-refractivity contribution < 1.29 is 0 Å². The van der Waals surface area contributed by atoms with Crippen molar-refractivity contribution in [1.82, 2.24) is 15.8 Å². The van der Waals surface area contributed by atoms with E-state index in [4.69, 9.17) is 0 Å². The van der Waals surface area contributed by atoms with Gasteiger partial charge in [-0.3, -0.25) is 15.8 Å². The van der Waals surface area contributed by atoms with Crippen LogP contribution in [0.25, 0.3) is 0 Å². The Kier molecular flexibility index (Phi) is 3.58. The Morgan fingerprint density at radius 2 is 2.00 bits per heavy atom. The van der Waals surface area contributed by atoms with Gasteiger partial charge in [-0.15, -0.1) is 0 Å². The van der Waals surface area contributed by atoms with Crippen LogP contribution < -0.4 is 10.9 Å². The van der Waals surface area contributed by atoms with Gasteiger partial charge in [-0.2, -0.15) is 0 Å². The molecule has 3 heteroatoms. The van der Waals surface area contributed by atoms with E-state index < -0.39 is 0 Å². The van der Waals surface area contributed by atoms with E-state index in [-0.39, 0.29) is 0 Å². The maximum absolute atomic E-state index is 3.93. The summed E-state index contributed by atoms with van der Waals surface area (Å²) in [5, 5.41) is 0. The number of hydrazine groups is 1. The predicted molar refractivity (Wildman–Crippen MR) is 44.8 cm³/mol. The van der Waals surface area contributed by atoms with Crippen LogP contribution in [0.2, 0.25) is 0 Å².